The molecule has 0 fully saturated rings. The highest BCUT2D eigenvalue weighted by Gasteiger charge is 2.08. The van der Waals surface area contributed by atoms with E-state index in [1.54, 1.807) is 29.8 Å². The van der Waals surface area contributed by atoms with Crippen LogP contribution in [0.3, 0.4) is 0 Å². The summed E-state index contributed by atoms with van der Waals surface area (Å²) < 4.78 is 1.58. The SMILES string of the molecule is Cn1c(SCc2ccc(C#N)cc2)nc2ccccc2c1=O. The topological polar surface area (TPSA) is 58.7 Å². The van der Waals surface area contributed by atoms with Gasteiger partial charge in [-0.25, -0.2) is 4.98 Å². The lowest BCUT2D eigenvalue weighted by Crippen LogP contribution is -2.19. The maximum absolute atomic E-state index is 12.3. The maximum atomic E-state index is 12.3. The minimum absolute atomic E-state index is 0.0343. The second-order valence-electron chi connectivity index (χ2n) is 4.87. The van der Waals surface area contributed by atoms with E-state index in [9.17, 15) is 4.79 Å². The molecule has 1 heterocycles. The molecule has 0 saturated carbocycles. The van der Waals surface area contributed by atoms with Crippen molar-refractivity contribution in [3.63, 3.8) is 0 Å². The molecule has 108 valence electrons. The molecule has 0 aliphatic carbocycles. The molecule has 5 heteroatoms. The molecule has 0 aliphatic rings. The molecular weight excluding hydrogens is 294 g/mol. The molecule has 0 unspecified atom stereocenters. The van der Waals surface area contributed by atoms with Gasteiger partial charge in [0.1, 0.15) is 0 Å². The summed E-state index contributed by atoms with van der Waals surface area (Å²) in [5.74, 6) is 0.699. The van der Waals surface area contributed by atoms with Gasteiger partial charge >= 0.3 is 0 Å². The van der Waals surface area contributed by atoms with Gasteiger partial charge in [0.2, 0.25) is 0 Å². The predicted molar refractivity (Wildman–Crippen MR) is 87.7 cm³/mol. The van der Waals surface area contributed by atoms with Crippen molar-refractivity contribution in [1.82, 2.24) is 9.55 Å². The van der Waals surface area contributed by atoms with Crippen molar-refractivity contribution in [2.75, 3.05) is 0 Å². The third-order valence-electron chi connectivity index (χ3n) is 3.39. The molecular formula is C17H13N3OS. The van der Waals surface area contributed by atoms with Crippen molar-refractivity contribution < 1.29 is 0 Å². The maximum Gasteiger partial charge on any atom is 0.261 e. The second kappa shape index (κ2) is 6.04. The van der Waals surface area contributed by atoms with Gasteiger partial charge in [-0.15, -0.1) is 0 Å². The van der Waals surface area contributed by atoms with E-state index >= 15 is 0 Å². The van der Waals surface area contributed by atoms with Crippen molar-refractivity contribution in [1.29, 1.82) is 5.26 Å². The highest BCUT2D eigenvalue weighted by atomic mass is 32.2. The standard InChI is InChI=1S/C17H13N3OS/c1-20-16(21)14-4-2-3-5-15(14)19-17(20)22-11-13-8-6-12(10-18)7-9-13/h2-9H,11H2,1H3. The lowest BCUT2D eigenvalue weighted by Gasteiger charge is -2.08. The van der Waals surface area contributed by atoms with Gasteiger partial charge in [-0.1, -0.05) is 36.0 Å². The zero-order valence-corrected chi connectivity index (χ0v) is 12.8. The van der Waals surface area contributed by atoms with Gasteiger partial charge < -0.3 is 0 Å². The van der Waals surface area contributed by atoms with E-state index in [0.717, 1.165) is 5.56 Å². The lowest BCUT2D eigenvalue weighted by atomic mass is 10.2. The number of hydrogen-bond donors (Lipinski definition) is 0. The number of nitriles is 1. The molecule has 2 aromatic carbocycles. The number of rotatable bonds is 3. The molecule has 4 nitrogen and oxygen atoms in total. The quantitative estimate of drug-likeness (QED) is 0.551. The summed E-state index contributed by atoms with van der Waals surface area (Å²) in [6.45, 7) is 0. The van der Waals surface area contributed by atoms with Crippen molar-refractivity contribution in [3.8, 4) is 6.07 Å². The fraction of sp³-hybridized carbons (Fsp3) is 0.118. The average Bonchev–Trinajstić information content (AvgIpc) is 2.57. The van der Waals surface area contributed by atoms with Gasteiger partial charge in [0.05, 0.1) is 22.5 Å². The Morgan fingerprint density at radius 3 is 2.64 bits per heavy atom. The number of aromatic nitrogens is 2. The summed E-state index contributed by atoms with van der Waals surface area (Å²) >= 11 is 1.51. The summed E-state index contributed by atoms with van der Waals surface area (Å²) in [5.41, 5.74) is 2.41. The van der Waals surface area contributed by atoms with Crippen LogP contribution in [0.25, 0.3) is 10.9 Å². The fourth-order valence-corrected chi connectivity index (χ4v) is 3.08. The van der Waals surface area contributed by atoms with Gasteiger partial charge in [0.15, 0.2) is 5.16 Å². The Labute approximate surface area is 132 Å². The van der Waals surface area contributed by atoms with Crippen molar-refractivity contribution in [2.24, 2.45) is 7.05 Å². The first-order valence-corrected chi connectivity index (χ1v) is 7.75. The molecule has 0 aliphatic heterocycles. The fourth-order valence-electron chi connectivity index (χ4n) is 2.15. The first-order chi connectivity index (χ1) is 10.7. The molecule has 3 aromatic rings. The Morgan fingerprint density at radius 2 is 1.91 bits per heavy atom. The Kier molecular flexibility index (Phi) is 3.94. The molecule has 0 amide bonds. The van der Waals surface area contributed by atoms with Crippen LogP contribution in [0.2, 0.25) is 0 Å². The van der Waals surface area contributed by atoms with Crippen LogP contribution < -0.4 is 5.56 Å². The molecule has 1 aromatic heterocycles. The molecule has 0 spiro atoms. The normalized spacial score (nSPS) is 10.5. The monoisotopic (exact) mass is 307 g/mol. The first-order valence-electron chi connectivity index (χ1n) is 6.76. The van der Waals surface area contributed by atoms with Crippen LogP contribution in [0, 0.1) is 11.3 Å². The first kappa shape index (κ1) is 14.4. The molecule has 0 radical (unpaired) electrons. The van der Waals surface area contributed by atoms with Gasteiger partial charge in [-0.2, -0.15) is 5.26 Å². The van der Waals surface area contributed by atoms with Crippen LogP contribution in [-0.4, -0.2) is 9.55 Å². The molecule has 0 bridgehead atoms. The summed E-state index contributed by atoms with van der Waals surface area (Å²) in [5, 5.41) is 10.1. The largest absolute Gasteiger partial charge is 0.290 e. The van der Waals surface area contributed by atoms with Crippen LogP contribution >= 0.6 is 11.8 Å². The second-order valence-corrected chi connectivity index (χ2v) is 5.82. The van der Waals surface area contributed by atoms with Gasteiger partial charge in [0, 0.05) is 12.8 Å². The van der Waals surface area contributed by atoms with E-state index in [0.29, 0.717) is 27.4 Å². The van der Waals surface area contributed by atoms with Gasteiger partial charge in [-0.05, 0) is 29.8 Å². The van der Waals surface area contributed by atoms with Crippen LogP contribution in [-0.2, 0) is 12.8 Å². The molecule has 3 rings (SSSR count). The zero-order valence-electron chi connectivity index (χ0n) is 12.0. The van der Waals surface area contributed by atoms with Gasteiger partial charge in [-0.3, -0.25) is 9.36 Å². The van der Waals surface area contributed by atoms with E-state index in [-0.39, 0.29) is 5.56 Å². The van der Waals surface area contributed by atoms with Crippen molar-refractivity contribution in [3.05, 3.63) is 70.0 Å². The smallest absolute Gasteiger partial charge is 0.261 e. The van der Waals surface area contributed by atoms with E-state index in [4.69, 9.17) is 5.26 Å². The number of benzene rings is 2. The molecule has 22 heavy (non-hydrogen) atoms. The Balaban J connectivity index is 1.89. The number of thioether (sulfide) groups is 1. The summed E-state index contributed by atoms with van der Waals surface area (Å²) in [6.07, 6.45) is 0. The number of para-hydroxylation sites is 1. The van der Waals surface area contributed by atoms with Crippen LogP contribution in [0.1, 0.15) is 11.1 Å². The number of nitrogens with zero attached hydrogens (tertiary/aromatic N) is 3. The molecule has 0 N–H and O–H groups in total. The Hall–Kier alpha value is -2.58. The highest BCUT2D eigenvalue weighted by Crippen LogP contribution is 2.21. The minimum atomic E-state index is -0.0343. The summed E-state index contributed by atoms with van der Waals surface area (Å²) in [6, 6.07) is 16.9. The third-order valence-corrected chi connectivity index (χ3v) is 4.49. The van der Waals surface area contributed by atoms with E-state index in [2.05, 4.69) is 11.1 Å². The predicted octanol–water partition coefficient (Wildman–Crippen LogP) is 3.10. The summed E-state index contributed by atoms with van der Waals surface area (Å²) in [4.78, 5) is 16.9. The lowest BCUT2D eigenvalue weighted by molar-refractivity contribution is 0.726. The van der Waals surface area contributed by atoms with Crippen molar-refractivity contribution in [2.45, 2.75) is 10.9 Å². The summed E-state index contributed by atoms with van der Waals surface area (Å²) in [7, 11) is 1.74. The van der Waals surface area contributed by atoms with Crippen LogP contribution in [0.5, 0.6) is 0 Å². The van der Waals surface area contributed by atoms with Crippen LogP contribution in [0.15, 0.2) is 58.5 Å². The third kappa shape index (κ3) is 2.74. The van der Waals surface area contributed by atoms with E-state index in [1.807, 2.05) is 30.3 Å². The Morgan fingerprint density at radius 1 is 1.18 bits per heavy atom. The van der Waals surface area contributed by atoms with Crippen molar-refractivity contribution >= 4 is 22.7 Å². The van der Waals surface area contributed by atoms with Crippen LogP contribution in [0.4, 0.5) is 0 Å². The number of hydrogen-bond acceptors (Lipinski definition) is 4. The molecule has 0 saturated heterocycles. The van der Waals surface area contributed by atoms with Gasteiger partial charge in [0.25, 0.3) is 5.56 Å². The number of fused-ring (bicyclic) bond motifs is 1. The van der Waals surface area contributed by atoms with E-state index < -0.39 is 0 Å². The average molecular weight is 307 g/mol. The Bertz CT molecular complexity index is 923. The zero-order chi connectivity index (χ0) is 15.5. The minimum Gasteiger partial charge on any atom is -0.290 e. The molecule has 0 atom stereocenters. The van der Waals surface area contributed by atoms with E-state index in [1.165, 1.54) is 11.8 Å². The highest BCUT2D eigenvalue weighted by molar-refractivity contribution is 7.98.